The van der Waals surface area contributed by atoms with E-state index in [1.807, 2.05) is 6.07 Å². The number of ketones is 1. The molecule has 1 N–H and O–H groups in total. The minimum absolute atomic E-state index is 0.0513. The third-order valence-electron chi connectivity index (χ3n) is 3.70. The number of thioether (sulfide) groups is 1. The minimum atomic E-state index is -0.276. The predicted octanol–water partition coefficient (Wildman–Crippen LogP) is 3.21. The van der Waals surface area contributed by atoms with Crippen LogP contribution in [0.15, 0.2) is 29.3 Å². The first-order valence-corrected chi connectivity index (χ1v) is 8.95. The number of rotatable bonds is 7. The average Bonchev–Trinajstić information content (AvgIpc) is 2.66. The van der Waals surface area contributed by atoms with Gasteiger partial charge < -0.3 is 14.8 Å². The standard InChI is InChI=1S/C19H19N3O4S/c1-11-15(12(2)23)7-13(9-20)19(21-11)27-10-18(24)22-16-6-5-14(25-3)8-17(16)26-4/h5-8H,10H2,1-4H3,(H,22,24). The second kappa shape index (κ2) is 9.05. The fourth-order valence-corrected chi connectivity index (χ4v) is 3.15. The number of anilines is 1. The number of aromatic nitrogens is 1. The van der Waals surface area contributed by atoms with Crippen LogP contribution in [0.1, 0.15) is 28.5 Å². The number of Topliss-reactive ketones (excluding diaryl/α,β-unsaturated/α-hetero) is 1. The number of benzene rings is 1. The number of carbonyl (C=O) groups is 2. The van der Waals surface area contributed by atoms with Crippen molar-refractivity contribution in [2.75, 3.05) is 25.3 Å². The summed E-state index contributed by atoms with van der Waals surface area (Å²) in [4.78, 5) is 28.2. The Hall–Kier alpha value is -3.05. The van der Waals surface area contributed by atoms with Crippen LogP contribution >= 0.6 is 11.8 Å². The number of pyridine rings is 1. The number of aryl methyl sites for hydroxylation is 1. The second-order valence-corrected chi connectivity index (χ2v) is 6.51. The number of carbonyl (C=O) groups excluding carboxylic acids is 2. The largest absolute Gasteiger partial charge is 0.497 e. The second-order valence-electron chi connectivity index (χ2n) is 5.55. The Morgan fingerprint density at radius 2 is 2.00 bits per heavy atom. The Labute approximate surface area is 161 Å². The third-order valence-corrected chi connectivity index (χ3v) is 4.69. The number of nitrogens with one attached hydrogen (secondary N) is 1. The van der Waals surface area contributed by atoms with Crippen molar-refractivity contribution in [2.24, 2.45) is 0 Å². The van der Waals surface area contributed by atoms with E-state index < -0.39 is 0 Å². The lowest BCUT2D eigenvalue weighted by atomic mass is 10.1. The topological polar surface area (TPSA) is 101 Å². The maximum Gasteiger partial charge on any atom is 0.234 e. The molecular weight excluding hydrogens is 366 g/mol. The van der Waals surface area contributed by atoms with Crippen molar-refractivity contribution in [1.29, 1.82) is 5.26 Å². The molecule has 0 bridgehead atoms. The highest BCUT2D eigenvalue weighted by atomic mass is 32.2. The first kappa shape index (κ1) is 20.3. The van der Waals surface area contributed by atoms with E-state index in [1.54, 1.807) is 32.2 Å². The summed E-state index contributed by atoms with van der Waals surface area (Å²) in [7, 11) is 3.05. The summed E-state index contributed by atoms with van der Waals surface area (Å²) < 4.78 is 10.4. The van der Waals surface area contributed by atoms with Gasteiger partial charge in [0.15, 0.2) is 5.78 Å². The summed E-state index contributed by atoms with van der Waals surface area (Å²) >= 11 is 1.13. The van der Waals surface area contributed by atoms with Crippen molar-refractivity contribution in [3.8, 4) is 17.6 Å². The van der Waals surface area contributed by atoms with Gasteiger partial charge in [-0.25, -0.2) is 4.98 Å². The number of methoxy groups -OCH3 is 2. The van der Waals surface area contributed by atoms with E-state index in [9.17, 15) is 14.9 Å². The maximum atomic E-state index is 12.3. The molecule has 0 saturated heterocycles. The zero-order valence-electron chi connectivity index (χ0n) is 15.5. The normalized spacial score (nSPS) is 10.0. The summed E-state index contributed by atoms with van der Waals surface area (Å²) in [5, 5.41) is 12.5. The van der Waals surface area contributed by atoms with E-state index in [0.717, 1.165) is 11.8 Å². The highest BCUT2D eigenvalue weighted by Gasteiger charge is 2.15. The first-order chi connectivity index (χ1) is 12.9. The smallest absolute Gasteiger partial charge is 0.234 e. The molecule has 0 saturated carbocycles. The van der Waals surface area contributed by atoms with Crippen LogP contribution in [-0.2, 0) is 4.79 Å². The number of hydrogen-bond donors (Lipinski definition) is 1. The van der Waals surface area contributed by atoms with Crippen LogP contribution in [0.3, 0.4) is 0 Å². The van der Waals surface area contributed by atoms with Gasteiger partial charge in [0.2, 0.25) is 5.91 Å². The van der Waals surface area contributed by atoms with E-state index in [0.29, 0.717) is 33.5 Å². The first-order valence-electron chi connectivity index (χ1n) is 7.97. The third kappa shape index (κ3) is 4.99. The van der Waals surface area contributed by atoms with Crippen LogP contribution in [0, 0.1) is 18.3 Å². The van der Waals surface area contributed by atoms with Crippen molar-refractivity contribution < 1.29 is 19.1 Å². The van der Waals surface area contributed by atoms with Gasteiger partial charge in [-0.3, -0.25) is 9.59 Å². The Balaban J connectivity index is 2.11. The number of nitriles is 1. The lowest BCUT2D eigenvalue weighted by Crippen LogP contribution is -2.15. The quantitative estimate of drug-likeness (QED) is 0.577. The highest BCUT2D eigenvalue weighted by Crippen LogP contribution is 2.29. The Bertz CT molecular complexity index is 922. The summed E-state index contributed by atoms with van der Waals surface area (Å²) in [6.45, 7) is 3.12. The molecule has 0 radical (unpaired) electrons. The fraction of sp³-hybridized carbons (Fsp3) is 0.263. The van der Waals surface area contributed by atoms with Gasteiger partial charge >= 0.3 is 0 Å². The van der Waals surface area contributed by atoms with Gasteiger partial charge in [0.05, 0.1) is 31.2 Å². The molecule has 7 nitrogen and oxygen atoms in total. The van der Waals surface area contributed by atoms with Gasteiger partial charge in [-0.1, -0.05) is 11.8 Å². The molecule has 27 heavy (non-hydrogen) atoms. The molecule has 0 atom stereocenters. The summed E-state index contributed by atoms with van der Waals surface area (Å²) in [5.41, 5.74) is 1.72. The molecule has 0 spiro atoms. The summed E-state index contributed by atoms with van der Waals surface area (Å²) in [5.74, 6) is 0.712. The zero-order chi connectivity index (χ0) is 20.0. The molecule has 2 aromatic rings. The monoisotopic (exact) mass is 385 g/mol. The summed E-state index contributed by atoms with van der Waals surface area (Å²) in [6.07, 6.45) is 0. The van der Waals surface area contributed by atoms with E-state index in [2.05, 4.69) is 10.3 Å². The number of nitrogens with zero attached hydrogens (tertiary/aromatic N) is 2. The SMILES string of the molecule is COc1ccc(NC(=O)CSc2nc(C)c(C(C)=O)cc2C#N)c(OC)c1. The molecule has 0 aliphatic heterocycles. The Morgan fingerprint density at radius 3 is 2.59 bits per heavy atom. The van der Waals surface area contributed by atoms with Gasteiger partial charge in [-0.05, 0) is 32.0 Å². The van der Waals surface area contributed by atoms with Crippen molar-refractivity contribution in [3.05, 3.63) is 41.1 Å². The maximum absolute atomic E-state index is 12.3. The Kier molecular flexibility index (Phi) is 6.79. The van der Waals surface area contributed by atoms with Crippen molar-refractivity contribution in [3.63, 3.8) is 0 Å². The molecular formula is C19H19N3O4S. The predicted molar refractivity (Wildman–Crippen MR) is 103 cm³/mol. The number of amides is 1. The van der Waals surface area contributed by atoms with E-state index in [1.165, 1.54) is 20.1 Å². The molecule has 1 aromatic heterocycles. The highest BCUT2D eigenvalue weighted by molar-refractivity contribution is 8.00. The van der Waals surface area contributed by atoms with Crippen LogP contribution in [0.25, 0.3) is 0 Å². The molecule has 1 amide bonds. The van der Waals surface area contributed by atoms with Crippen LogP contribution in [-0.4, -0.2) is 36.6 Å². The van der Waals surface area contributed by atoms with E-state index >= 15 is 0 Å². The molecule has 0 aliphatic carbocycles. The van der Waals surface area contributed by atoms with Gasteiger partial charge in [-0.2, -0.15) is 5.26 Å². The molecule has 1 heterocycles. The van der Waals surface area contributed by atoms with Crippen LogP contribution < -0.4 is 14.8 Å². The van der Waals surface area contributed by atoms with Gasteiger partial charge in [0, 0.05) is 17.3 Å². The number of hydrogen-bond acceptors (Lipinski definition) is 7. The van der Waals surface area contributed by atoms with Crippen LogP contribution in [0.5, 0.6) is 11.5 Å². The Morgan fingerprint density at radius 1 is 1.26 bits per heavy atom. The molecule has 1 aromatic carbocycles. The zero-order valence-corrected chi connectivity index (χ0v) is 16.3. The molecule has 0 unspecified atom stereocenters. The number of ether oxygens (including phenoxy) is 2. The summed E-state index contributed by atoms with van der Waals surface area (Å²) in [6, 6.07) is 8.60. The van der Waals surface area contributed by atoms with Crippen LogP contribution in [0.4, 0.5) is 5.69 Å². The van der Waals surface area contributed by atoms with Crippen molar-refractivity contribution >= 4 is 29.1 Å². The minimum Gasteiger partial charge on any atom is -0.497 e. The van der Waals surface area contributed by atoms with Gasteiger partial charge in [-0.15, -0.1) is 0 Å². The van der Waals surface area contributed by atoms with Crippen LogP contribution in [0.2, 0.25) is 0 Å². The average molecular weight is 385 g/mol. The van der Waals surface area contributed by atoms with E-state index in [-0.39, 0.29) is 23.0 Å². The van der Waals surface area contributed by atoms with E-state index in [4.69, 9.17) is 9.47 Å². The lowest BCUT2D eigenvalue weighted by Gasteiger charge is -2.12. The van der Waals surface area contributed by atoms with Gasteiger partial charge in [0.25, 0.3) is 0 Å². The van der Waals surface area contributed by atoms with Gasteiger partial charge in [0.1, 0.15) is 22.6 Å². The molecule has 0 fully saturated rings. The molecule has 0 aliphatic rings. The van der Waals surface area contributed by atoms with Crippen molar-refractivity contribution in [1.82, 2.24) is 4.98 Å². The van der Waals surface area contributed by atoms with Crippen molar-refractivity contribution in [2.45, 2.75) is 18.9 Å². The lowest BCUT2D eigenvalue weighted by molar-refractivity contribution is -0.113. The molecule has 8 heteroatoms. The fourth-order valence-electron chi connectivity index (χ4n) is 2.35. The molecule has 140 valence electrons. The molecule has 2 rings (SSSR count).